The van der Waals surface area contributed by atoms with Crippen molar-refractivity contribution in [3.05, 3.63) is 35.9 Å². The minimum absolute atomic E-state index is 0.320. The number of ether oxygens (including phenoxy) is 4. The van der Waals surface area contributed by atoms with Gasteiger partial charge >= 0.3 is 0 Å². The van der Waals surface area contributed by atoms with E-state index in [1.165, 1.54) is 25.6 Å². The monoisotopic (exact) mass is 374 g/mol. The zero-order valence-electron chi connectivity index (χ0n) is 14.8. The van der Waals surface area contributed by atoms with Crippen LogP contribution in [0.4, 0.5) is 5.13 Å². The minimum atomic E-state index is -0.320. The van der Waals surface area contributed by atoms with Crippen LogP contribution >= 0.6 is 11.3 Å². The quantitative estimate of drug-likeness (QED) is 0.710. The molecule has 8 heteroatoms. The molecule has 0 radical (unpaired) electrons. The lowest BCUT2D eigenvalue weighted by molar-refractivity contribution is 0.102. The maximum atomic E-state index is 12.6. The third-order valence-corrected chi connectivity index (χ3v) is 4.73. The molecule has 1 heterocycles. The number of nitrogens with one attached hydrogen (secondary N) is 1. The van der Waals surface area contributed by atoms with Gasteiger partial charge in [0.1, 0.15) is 33.2 Å². The van der Waals surface area contributed by atoms with E-state index in [0.29, 0.717) is 39.2 Å². The topological polar surface area (TPSA) is 78.9 Å². The average Bonchev–Trinajstić information content (AvgIpc) is 3.10. The first-order valence-corrected chi connectivity index (χ1v) is 8.47. The second kappa shape index (κ2) is 7.49. The molecular weight excluding hydrogens is 356 g/mol. The van der Waals surface area contributed by atoms with Crippen LogP contribution in [0.1, 0.15) is 10.4 Å². The van der Waals surface area contributed by atoms with E-state index in [2.05, 4.69) is 10.3 Å². The van der Waals surface area contributed by atoms with Crippen molar-refractivity contribution in [2.24, 2.45) is 0 Å². The molecule has 1 aromatic heterocycles. The fourth-order valence-corrected chi connectivity index (χ4v) is 3.42. The summed E-state index contributed by atoms with van der Waals surface area (Å²) in [6.45, 7) is 0. The van der Waals surface area contributed by atoms with E-state index < -0.39 is 0 Å². The minimum Gasteiger partial charge on any atom is -0.497 e. The molecule has 0 aliphatic heterocycles. The Morgan fingerprint density at radius 1 is 0.923 bits per heavy atom. The number of carbonyl (C=O) groups is 1. The zero-order chi connectivity index (χ0) is 18.7. The molecule has 1 amide bonds. The maximum Gasteiger partial charge on any atom is 0.257 e. The van der Waals surface area contributed by atoms with E-state index in [1.807, 2.05) is 0 Å². The number of hydrogen-bond acceptors (Lipinski definition) is 7. The first-order chi connectivity index (χ1) is 12.6. The molecule has 3 rings (SSSR count). The second-order valence-electron chi connectivity index (χ2n) is 5.22. The third-order valence-electron chi connectivity index (χ3n) is 3.74. The van der Waals surface area contributed by atoms with Crippen LogP contribution < -0.4 is 24.3 Å². The van der Waals surface area contributed by atoms with Gasteiger partial charge in [0, 0.05) is 11.6 Å². The largest absolute Gasteiger partial charge is 0.497 e. The smallest absolute Gasteiger partial charge is 0.257 e. The lowest BCUT2D eigenvalue weighted by atomic mass is 10.2. The van der Waals surface area contributed by atoms with E-state index in [9.17, 15) is 4.79 Å². The number of fused-ring (bicyclic) bond motifs is 1. The Balaban J connectivity index is 1.95. The number of rotatable bonds is 6. The first-order valence-electron chi connectivity index (χ1n) is 7.65. The number of amides is 1. The number of anilines is 1. The van der Waals surface area contributed by atoms with Crippen LogP contribution in [-0.4, -0.2) is 39.3 Å². The Labute approximate surface area is 154 Å². The number of benzene rings is 2. The van der Waals surface area contributed by atoms with Crippen molar-refractivity contribution in [1.29, 1.82) is 0 Å². The molecule has 0 aliphatic rings. The number of nitrogens with zero attached hydrogens (tertiary/aromatic N) is 1. The predicted octanol–water partition coefficient (Wildman–Crippen LogP) is 3.58. The average molecular weight is 374 g/mol. The van der Waals surface area contributed by atoms with E-state index in [1.54, 1.807) is 44.6 Å². The molecule has 0 unspecified atom stereocenters. The molecule has 0 bridgehead atoms. The van der Waals surface area contributed by atoms with Crippen LogP contribution in [0, 0.1) is 0 Å². The Bertz CT molecular complexity index is 891. The lowest BCUT2D eigenvalue weighted by Crippen LogP contribution is -2.12. The molecule has 0 aliphatic carbocycles. The summed E-state index contributed by atoms with van der Waals surface area (Å²) in [5, 5.41) is 3.24. The van der Waals surface area contributed by atoms with Gasteiger partial charge in [-0.25, -0.2) is 4.98 Å². The molecule has 136 valence electrons. The van der Waals surface area contributed by atoms with E-state index in [0.717, 1.165) is 4.70 Å². The highest BCUT2D eigenvalue weighted by atomic mass is 32.1. The van der Waals surface area contributed by atoms with Crippen molar-refractivity contribution >= 4 is 32.6 Å². The van der Waals surface area contributed by atoms with Crippen LogP contribution in [-0.2, 0) is 0 Å². The molecule has 0 atom stereocenters. The molecule has 0 fully saturated rings. The lowest BCUT2D eigenvalue weighted by Gasteiger charge is -2.07. The third kappa shape index (κ3) is 3.36. The van der Waals surface area contributed by atoms with Crippen LogP contribution in [0.5, 0.6) is 23.0 Å². The summed E-state index contributed by atoms with van der Waals surface area (Å²) < 4.78 is 21.9. The standard InChI is InChI=1S/C18H18N2O5S/c1-22-11-7-10(8-12(9-11)23-2)17(21)20-18-19-15-13(24-3)5-6-14(25-4)16(15)26-18/h5-9H,1-4H3,(H,19,20,21). The Hall–Kier alpha value is -3.00. The molecule has 7 nitrogen and oxygen atoms in total. The number of methoxy groups -OCH3 is 4. The van der Waals surface area contributed by atoms with E-state index >= 15 is 0 Å². The van der Waals surface area contributed by atoms with Gasteiger partial charge in [-0.1, -0.05) is 11.3 Å². The second-order valence-corrected chi connectivity index (χ2v) is 6.22. The van der Waals surface area contributed by atoms with Gasteiger partial charge in [0.25, 0.3) is 5.91 Å². The SMILES string of the molecule is COc1cc(OC)cc(C(=O)Nc2nc3c(OC)ccc(OC)c3s2)c1. The summed E-state index contributed by atoms with van der Waals surface area (Å²) >= 11 is 1.31. The summed E-state index contributed by atoms with van der Waals surface area (Å²) in [5.41, 5.74) is 1.04. The summed E-state index contributed by atoms with van der Waals surface area (Å²) in [6.07, 6.45) is 0. The van der Waals surface area contributed by atoms with Gasteiger partial charge in [-0.2, -0.15) is 0 Å². The van der Waals surface area contributed by atoms with E-state index in [-0.39, 0.29) is 5.91 Å². The van der Waals surface area contributed by atoms with Gasteiger partial charge in [-0.3, -0.25) is 10.1 Å². The Morgan fingerprint density at radius 3 is 2.12 bits per heavy atom. The van der Waals surface area contributed by atoms with Gasteiger partial charge in [-0.05, 0) is 24.3 Å². The summed E-state index contributed by atoms with van der Waals surface area (Å²) in [4.78, 5) is 17.1. The van der Waals surface area contributed by atoms with Crippen molar-refractivity contribution in [3.63, 3.8) is 0 Å². The fourth-order valence-electron chi connectivity index (χ4n) is 2.45. The van der Waals surface area contributed by atoms with Crippen molar-refractivity contribution in [2.75, 3.05) is 33.8 Å². The molecule has 0 saturated carbocycles. The highest BCUT2D eigenvalue weighted by Gasteiger charge is 2.16. The molecule has 2 aromatic carbocycles. The van der Waals surface area contributed by atoms with Crippen LogP contribution in [0.3, 0.4) is 0 Å². The maximum absolute atomic E-state index is 12.6. The van der Waals surface area contributed by atoms with Gasteiger partial charge in [-0.15, -0.1) is 0 Å². The molecule has 0 saturated heterocycles. The first kappa shape index (κ1) is 17.8. The number of aromatic nitrogens is 1. The molecule has 0 spiro atoms. The predicted molar refractivity (Wildman–Crippen MR) is 100 cm³/mol. The van der Waals surface area contributed by atoms with Crippen molar-refractivity contribution < 1.29 is 23.7 Å². The van der Waals surface area contributed by atoms with Crippen LogP contribution in [0.25, 0.3) is 10.2 Å². The number of hydrogen-bond donors (Lipinski definition) is 1. The van der Waals surface area contributed by atoms with Crippen molar-refractivity contribution in [3.8, 4) is 23.0 Å². The molecule has 1 N–H and O–H groups in total. The Morgan fingerprint density at radius 2 is 1.54 bits per heavy atom. The fraction of sp³-hybridized carbons (Fsp3) is 0.222. The van der Waals surface area contributed by atoms with Crippen molar-refractivity contribution in [2.45, 2.75) is 0 Å². The van der Waals surface area contributed by atoms with Gasteiger partial charge in [0.05, 0.1) is 28.4 Å². The normalized spacial score (nSPS) is 10.5. The Kier molecular flexibility index (Phi) is 5.13. The summed E-state index contributed by atoms with van der Waals surface area (Å²) in [7, 11) is 6.22. The highest BCUT2D eigenvalue weighted by molar-refractivity contribution is 7.22. The summed E-state index contributed by atoms with van der Waals surface area (Å²) in [6, 6.07) is 8.54. The van der Waals surface area contributed by atoms with Gasteiger partial charge < -0.3 is 18.9 Å². The van der Waals surface area contributed by atoms with Crippen molar-refractivity contribution in [1.82, 2.24) is 4.98 Å². The number of thiazole rings is 1. The number of carbonyl (C=O) groups excluding carboxylic acids is 1. The highest BCUT2D eigenvalue weighted by Crippen LogP contribution is 2.39. The van der Waals surface area contributed by atoms with E-state index in [4.69, 9.17) is 18.9 Å². The van der Waals surface area contributed by atoms with Crippen LogP contribution in [0.2, 0.25) is 0 Å². The van der Waals surface area contributed by atoms with Gasteiger partial charge in [0.15, 0.2) is 5.13 Å². The zero-order valence-corrected chi connectivity index (χ0v) is 15.6. The molecular formula is C18H18N2O5S. The molecule has 26 heavy (non-hydrogen) atoms. The molecule has 3 aromatic rings. The summed E-state index contributed by atoms with van der Waals surface area (Å²) in [5.74, 6) is 2.02. The van der Waals surface area contributed by atoms with Gasteiger partial charge in [0.2, 0.25) is 0 Å². The van der Waals surface area contributed by atoms with Crippen LogP contribution in [0.15, 0.2) is 30.3 Å².